The van der Waals surface area contributed by atoms with Gasteiger partial charge >= 0.3 is 0 Å². The summed E-state index contributed by atoms with van der Waals surface area (Å²) in [4.78, 5) is 80.6. The number of H-pyrrole nitrogens is 2. The Balaban J connectivity index is 1.59. The minimum atomic E-state index is -1.22. The molecule has 0 aliphatic carbocycles. The molecule has 0 radical (unpaired) electrons. The Morgan fingerprint density at radius 3 is 1.46 bits per heavy atom. The van der Waals surface area contributed by atoms with Gasteiger partial charge in [0.2, 0.25) is 29.5 Å². The van der Waals surface area contributed by atoms with Crippen LogP contribution in [0.5, 0.6) is 0 Å². The quantitative estimate of drug-likeness (QED) is 0.0300. The SMILES string of the molecule is CC(=O)N[C@@H](CCCN=C(N)N)C(=O)N[C@@H](CCCN=C(N)N)C(=O)N[C@@H](Cc1c[nH]c2ccccc12)C(=O)N[C@@H](Cc1c[nH]c2ccccc12)C(N)=O. The van der Waals surface area contributed by atoms with Crippen LogP contribution in [0, 0.1) is 0 Å². The van der Waals surface area contributed by atoms with Crippen LogP contribution in [0.3, 0.4) is 0 Å². The third-order valence-electron chi connectivity index (χ3n) is 8.71. The van der Waals surface area contributed by atoms with Crippen molar-refractivity contribution < 1.29 is 24.0 Å². The minimum Gasteiger partial charge on any atom is -0.370 e. The molecule has 2 aromatic carbocycles. The van der Waals surface area contributed by atoms with E-state index in [2.05, 4.69) is 41.2 Å². The van der Waals surface area contributed by atoms with Crippen molar-refractivity contribution in [3.8, 4) is 0 Å². The van der Waals surface area contributed by atoms with Gasteiger partial charge in [-0.2, -0.15) is 0 Å². The number of rotatable bonds is 20. The molecule has 2 heterocycles. The first-order valence-electron chi connectivity index (χ1n) is 17.5. The number of hydrogen-bond acceptors (Lipinski definition) is 7. The van der Waals surface area contributed by atoms with Gasteiger partial charge in [0, 0.05) is 67.1 Å². The lowest BCUT2D eigenvalue weighted by atomic mass is 10.0. The van der Waals surface area contributed by atoms with Crippen LogP contribution in [0.25, 0.3) is 21.8 Å². The van der Waals surface area contributed by atoms with Gasteiger partial charge in [-0.15, -0.1) is 0 Å². The number of nitrogens with one attached hydrogen (secondary N) is 6. The van der Waals surface area contributed by atoms with E-state index in [-0.39, 0.29) is 57.1 Å². The lowest BCUT2D eigenvalue weighted by Gasteiger charge is -2.26. The zero-order chi connectivity index (χ0) is 39.2. The van der Waals surface area contributed by atoms with Gasteiger partial charge in [-0.05, 0) is 48.9 Å². The Kier molecular flexibility index (Phi) is 14.4. The minimum absolute atomic E-state index is 0.0220. The van der Waals surface area contributed by atoms with Crippen LogP contribution in [0.15, 0.2) is 70.9 Å². The van der Waals surface area contributed by atoms with E-state index in [4.69, 9.17) is 28.7 Å². The summed E-state index contributed by atoms with van der Waals surface area (Å²) >= 11 is 0. The average Bonchev–Trinajstić information content (AvgIpc) is 3.73. The van der Waals surface area contributed by atoms with E-state index in [0.717, 1.165) is 32.9 Å². The van der Waals surface area contributed by atoms with Gasteiger partial charge in [0.1, 0.15) is 24.2 Å². The van der Waals surface area contributed by atoms with Crippen LogP contribution < -0.4 is 49.9 Å². The first-order chi connectivity index (χ1) is 25.8. The number of primary amides is 1. The molecule has 0 fully saturated rings. The van der Waals surface area contributed by atoms with Gasteiger partial charge in [0.05, 0.1) is 0 Å². The number of aromatic amines is 2. The molecule has 4 atom stereocenters. The summed E-state index contributed by atoms with van der Waals surface area (Å²) in [5, 5.41) is 12.6. The van der Waals surface area contributed by atoms with Gasteiger partial charge in [0.25, 0.3) is 0 Å². The first kappa shape index (κ1) is 40.2. The third-order valence-corrected chi connectivity index (χ3v) is 8.71. The van der Waals surface area contributed by atoms with Crippen molar-refractivity contribution in [1.29, 1.82) is 0 Å². The summed E-state index contributed by atoms with van der Waals surface area (Å²) in [6.45, 7) is 1.63. The maximum Gasteiger partial charge on any atom is 0.243 e. The summed E-state index contributed by atoms with van der Waals surface area (Å²) in [6, 6.07) is 10.4. The lowest BCUT2D eigenvalue weighted by molar-refractivity contribution is -0.134. The number of para-hydroxylation sites is 2. The molecule has 0 saturated carbocycles. The summed E-state index contributed by atoms with van der Waals surface area (Å²) in [5.41, 5.74) is 30.7. The van der Waals surface area contributed by atoms with Gasteiger partial charge < -0.3 is 59.9 Å². The van der Waals surface area contributed by atoms with Crippen LogP contribution in [0.2, 0.25) is 0 Å². The lowest BCUT2D eigenvalue weighted by Crippen LogP contribution is -2.58. The number of hydrogen-bond donors (Lipinski definition) is 11. The topological polar surface area (TPSA) is 320 Å². The summed E-state index contributed by atoms with van der Waals surface area (Å²) in [7, 11) is 0. The highest BCUT2D eigenvalue weighted by Crippen LogP contribution is 2.21. The smallest absolute Gasteiger partial charge is 0.243 e. The number of benzene rings is 2. The number of nitrogens with zero attached hydrogens (tertiary/aromatic N) is 2. The van der Waals surface area contributed by atoms with Crippen molar-refractivity contribution in [3.63, 3.8) is 0 Å². The molecule has 0 saturated heterocycles. The number of aromatic nitrogens is 2. The molecular formula is C36H49N13O5. The Labute approximate surface area is 311 Å². The number of aliphatic imine (C=N–C) groups is 2. The van der Waals surface area contributed by atoms with E-state index < -0.39 is 53.7 Å². The molecule has 0 spiro atoms. The zero-order valence-corrected chi connectivity index (χ0v) is 30.1. The maximum atomic E-state index is 14.1. The van der Waals surface area contributed by atoms with Crippen molar-refractivity contribution in [2.45, 2.75) is 69.6 Å². The van der Waals surface area contributed by atoms with Crippen molar-refractivity contribution >= 4 is 63.3 Å². The normalized spacial score (nSPS) is 13.2. The van der Waals surface area contributed by atoms with Crippen molar-refractivity contribution in [2.75, 3.05) is 13.1 Å². The Morgan fingerprint density at radius 1 is 0.593 bits per heavy atom. The second kappa shape index (κ2) is 19.3. The number of carbonyl (C=O) groups is 5. The second-order valence-electron chi connectivity index (χ2n) is 12.9. The molecule has 0 aliphatic rings. The molecule has 2 aromatic heterocycles. The van der Waals surface area contributed by atoms with E-state index in [9.17, 15) is 24.0 Å². The number of guanidine groups is 2. The van der Waals surface area contributed by atoms with Crippen molar-refractivity contribution in [3.05, 3.63) is 72.1 Å². The number of fused-ring (bicyclic) bond motifs is 2. The standard InChI is InChI=1S/C36H49N13O5/c1-20(50)46-27(12-6-14-42-35(38)39)32(52)47-28(13-7-15-43-36(40)41)33(53)49-30(17-22-19-45-26-11-5-3-9-24(22)26)34(54)48-29(31(37)51)16-21-18-44-25-10-4-2-8-23(21)25/h2-5,8-11,18-19,27-30,44-45H,6-7,12-17H2,1H3,(H2,37,51)(H,46,50)(H,47,52)(H,48,54)(H,49,53)(H4,38,39,42)(H4,40,41,43)/t27-,28-,29-,30-/m0/s1. The van der Waals surface area contributed by atoms with Gasteiger partial charge in [-0.25, -0.2) is 0 Å². The van der Waals surface area contributed by atoms with Gasteiger partial charge in [0.15, 0.2) is 11.9 Å². The number of carbonyl (C=O) groups excluding carboxylic acids is 5. The second-order valence-corrected chi connectivity index (χ2v) is 12.9. The first-order valence-corrected chi connectivity index (χ1v) is 17.5. The van der Waals surface area contributed by atoms with E-state index in [1.165, 1.54) is 6.92 Å². The highest BCUT2D eigenvalue weighted by Gasteiger charge is 2.31. The third kappa shape index (κ3) is 11.7. The van der Waals surface area contributed by atoms with Crippen molar-refractivity contribution in [1.82, 2.24) is 31.2 Å². The number of nitrogens with two attached hydrogens (primary N) is 5. The molecule has 5 amide bonds. The Hall–Kier alpha value is -6.59. The largest absolute Gasteiger partial charge is 0.370 e. The molecule has 0 bridgehead atoms. The summed E-state index contributed by atoms with van der Waals surface area (Å²) < 4.78 is 0. The molecule has 54 heavy (non-hydrogen) atoms. The molecule has 0 aliphatic heterocycles. The molecule has 4 rings (SSSR count). The fraction of sp³-hybridized carbons (Fsp3) is 0.361. The van der Waals surface area contributed by atoms with Crippen molar-refractivity contribution in [2.24, 2.45) is 38.7 Å². The van der Waals surface area contributed by atoms with Gasteiger partial charge in [-0.3, -0.25) is 34.0 Å². The van der Waals surface area contributed by atoms with Crippen LogP contribution in [-0.4, -0.2) is 88.7 Å². The maximum absolute atomic E-state index is 14.1. The summed E-state index contributed by atoms with van der Waals surface area (Å²) in [6.07, 6.45) is 4.47. The highest BCUT2D eigenvalue weighted by molar-refractivity contribution is 5.96. The number of amides is 5. The fourth-order valence-electron chi connectivity index (χ4n) is 6.08. The monoisotopic (exact) mass is 743 g/mol. The predicted octanol–water partition coefficient (Wildman–Crippen LogP) is -1.01. The molecule has 16 N–H and O–H groups in total. The predicted molar refractivity (Wildman–Crippen MR) is 206 cm³/mol. The Bertz CT molecular complexity index is 1990. The molecule has 4 aromatic rings. The molecular weight excluding hydrogens is 694 g/mol. The fourth-order valence-corrected chi connectivity index (χ4v) is 6.08. The van der Waals surface area contributed by atoms with Crippen LogP contribution >= 0.6 is 0 Å². The van der Waals surface area contributed by atoms with Crippen LogP contribution in [0.4, 0.5) is 0 Å². The van der Waals surface area contributed by atoms with Gasteiger partial charge in [-0.1, -0.05) is 36.4 Å². The highest BCUT2D eigenvalue weighted by atomic mass is 16.2. The summed E-state index contributed by atoms with van der Waals surface area (Å²) in [5.74, 6) is -3.47. The van der Waals surface area contributed by atoms with E-state index >= 15 is 0 Å². The zero-order valence-electron chi connectivity index (χ0n) is 30.1. The molecule has 18 heteroatoms. The molecule has 288 valence electrons. The molecule has 0 unspecified atom stereocenters. The van der Waals surface area contributed by atoms with Crippen LogP contribution in [0.1, 0.15) is 43.7 Å². The van der Waals surface area contributed by atoms with E-state index in [1.807, 2.05) is 48.5 Å². The molecule has 18 nitrogen and oxygen atoms in total. The Morgan fingerprint density at radius 2 is 1.00 bits per heavy atom. The average molecular weight is 744 g/mol. The van der Waals surface area contributed by atoms with Crippen LogP contribution in [-0.2, 0) is 36.8 Å². The van der Waals surface area contributed by atoms with E-state index in [0.29, 0.717) is 6.42 Å². The van der Waals surface area contributed by atoms with E-state index in [1.54, 1.807) is 12.4 Å².